The molecule has 190 valence electrons. The lowest BCUT2D eigenvalue weighted by atomic mass is 9.83. The molecule has 0 saturated carbocycles. The molecule has 0 unspecified atom stereocenters. The van der Waals surface area contributed by atoms with E-state index < -0.39 is 47.3 Å². The number of nitrogens with one attached hydrogen (secondary N) is 2. The van der Waals surface area contributed by atoms with Crippen molar-refractivity contribution < 1.29 is 37.2 Å². The number of hydrogen-bond acceptors (Lipinski definition) is 5. The topological polar surface area (TPSA) is 117 Å². The van der Waals surface area contributed by atoms with Gasteiger partial charge in [0, 0.05) is 19.0 Å². The zero-order chi connectivity index (χ0) is 26.4. The van der Waals surface area contributed by atoms with E-state index in [-0.39, 0.29) is 36.8 Å². The highest BCUT2D eigenvalue weighted by atomic mass is 19.4. The SMILES string of the molecule is CC(=O)N1CC2(C1)C(=O)N(c1ccc(C(=N)NO)cc1F)CC(=O)N2Cc1ccc(C(F)(F)F)cc1. The van der Waals surface area contributed by atoms with Gasteiger partial charge in [-0.05, 0) is 35.9 Å². The molecule has 1 spiro atoms. The number of hydroxylamine groups is 1. The van der Waals surface area contributed by atoms with E-state index in [0.29, 0.717) is 5.56 Å². The second kappa shape index (κ2) is 8.90. The third-order valence-corrected chi connectivity index (χ3v) is 6.37. The molecule has 2 aliphatic heterocycles. The van der Waals surface area contributed by atoms with Crippen LogP contribution in [0.15, 0.2) is 42.5 Å². The number of likely N-dealkylation sites (tertiary alicyclic amines) is 1. The van der Waals surface area contributed by atoms with Gasteiger partial charge in [-0.1, -0.05) is 12.1 Å². The highest BCUT2D eigenvalue weighted by molar-refractivity contribution is 6.11. The molecule has 3 amide bonds. The molecule has 13 heteroatoms. The van der Waals surface area contributed by atoms with Crippen molar-refractivity contribution in [1.29, 1.82) is 5.41 Å². The minimum atomic E-state index is -4.53. The maximum atomic E-state index is 14.9. The Hall–Kier alpha value is -4.00. The summed E-state index contributed by atoms with van der Waals surface area (Å²) in [5.74, 6) is -2.95. The molecule has 2 saturated heterocycles. The number of carbonyl (C=O) groups excluding carboxylic acids is 3. The first kappa shape index (κ1) is 25.1. The first-order valence-electron chi connectivity index (χ1n) is 10.7. The molecule has 0 aromatic heterocycles. The quantitative estimate of drug-likeness (QED) is 0.254. The van der Waals surface area contributed by atoms with E-state index in [2.05, 4.69) is 0 Å². The van der Waals surface area contributed by atoms with Crippen molar-refractivity contribution in [2.24, 2.45) is 0 Å². The normalized spacial score (nSPS) is 17.3. The molecule has 9 nitrogen and oxygen atoms in total. The number of amides is 3. The average Bonchev–Trinajstić information content (AvgIpc) is 2.79. The predicted molar refractivity (Wildman–Crippen MR) is 117 cm³/mol. The lowest BCUT2D eigenvalue weighted by molar-refractivity contribution is -0.169. The predicted octanol–water partition coefficient (Wildman–Crippen LogP) is 2.12. The van der Waals surface area contributed by atoms with Crippen molar-refractivity contribution in [2.75, 3.05) is 24.5 Å². The van der Waals surface area contributed by atoms with E-state index in [4.69, 9.17) is 10.6 Å². The number of rotatable bonds is 4. The molecular formula is C23H21F4N5O4. The van der Waals surface area contributed by atoms with Crippen LogP contribution in [0, 0.1) is 11.2 Å². The summed E-state index contributed by atoms with van der Waals surface area (Å²) >= 11 is 0. The maximum Gasteiger partial charge on any atom is 0.416 e. The van der Waals surface area contributed by atoms with Crippen LogP contribution in [-0.4, -0.2) is 63.7 Å². The largest absolute Gasteiger partial charge is 0.416 e. The van der Waals surface area contributed by atoms with Crippen molar-refractivity contribution in [3.8, 4) is 0 Å². The number of nitrogens with zero attached hydrogens (tertiary/aromatic N) is 3. The summed E-state index contributed by atoms with van der Waals surface area (Å²) in [6, 6.07) is 7.58. The van der Waals surface area contributed by atoms with Crippen LogP contribution in [-0.2, 0) is 27.1 Å². The zero-order valence-electron chi connectivity index (χ0n) is 18.9. The van der Waals surface area contributed by atoms with Crippen molar-refractivity contribution in [3.05, 3.63) is 65.0 Å². The number of halogens is 4. The molecule has 36 heavy (non-hydrogen) atoms. The molecule has 2 aromatic rings. The van der Waals surface area contributed by atoms with Gasteiger partial charge >= 0.3 is 6.18 Å². The first-order chi connectivity index (χ1) is 16.9. The number of anilines is 1. The Balaban J connectivity index is 1.66. The Morgan fingerprint density at radius 3 is 2.31 bits per heavy atom. The maximum absolute atomic E-state index is 14.9. The van der Waals surface area contributed by atoms with Crippen molar-refractivity contribution in [1.82, 2.24) is 15.3 Å². The summed E-state index contributed by atoms with van der Waals surface area (Å²) in [5.41, 5.74) is -0.666. The fourth-order valence-electron chi connectivity index (χ4n) is 4.37. The number of hydrogen-bond donors (Lipinski definition) is 3. The fraction of sp³-hybridized carbons (Fsp3) is 0.304. The monoisotopic (exact) mass is 507 g/mol. The Labute approximate surface area is 202 Å². The zero-order valence-corrected chi connectivity index (χ0v) is 18.9. The van der Waals surface area contributed by atoms with Gasteiger partial charge in [0.2, 0.25) is 11.8 Å². The molecule has 3 N–H and O–H groups in total. The summed E-state index contributed by atoms with van der Waals surface area (Å²) in [6.07, 6.45) is -4.53. The third-order valence-electron chi connectivity index (χ3n) is 6.37. The number of piperazine rings is 1. The molecule has 2 aromatic carbocycles. The molecule has 0 radical (unpaired) electrons. The number of benzene rings is 2. The van der Waals surface area contributed by atoms with Gasteiger partial charge in [0.05, 0.1) is 24.3 Å². The molecule has 4 rings (SSSR count). The Kier molecular flexibility index (Phi) is 6.20. The summed E-state index contributed by atoms with van der Waals surface area (Å²) in [5, 5.41) is 16.4. The minimum absolute atomic E-state index is 0.000391. The van der Waals surface area contributed by atoms with Crippen LogP contribution in [0.5, 0.6) is 0 Å². The second-order valence-electron chi connectivity index (χ2n) is 8.63. The standard InChI is InChI=1S/C23H21F4N5O4/c1-13(33)30-11-22(12-30)21(35)31(18-7-4-15(8-17(18)24)20(28)29-36)10-19(34)32(22)9-14-2-5-16(6-3-14)23(25,26)27/h2-8,36H,9-12H2,1H3,(H2,28,29). The van der Waals surface area contributed by atoms with Crippen LogP contribution >= 0.6 is 0 Å². The van der Waals surface area contributed by atoms with E-state index in [0.717, 1.165) is 23.1 Å². The summed E-state index contributed by atoms with van der Waals surface area (Å²) in [6.45, 7) is 0.282. The molecule has 2 aliphatic rings. The highest BCUT2D eigenvalue weighted by Gasteiger charge is 2.60. The van der Waals surface area contributed by atoms with Gasteiger partial charge in [-0.3, -0.25) is 35.4 Å². The van der Waals surface area contributed by atoms with Crippen LogP contribution in [0.25, 0.3) is 0 Å². The number of carbonyl (C=O) groups is 3. The van der Waals surface area contributed by atoms with Crippen LogP contribution in [0.1, 0.15) is 23.6 Å². The van der Waals surface area contributed by atoms with E-state index in [9.17, 15) is 31.9 Å². The number of alkyl halides is 3. The van der Waals surface area contributed by atoms with Gasteiger partial charge < -0.3 is 9.80 Å². The van der Waals surface area contributed by atoms with Crippen molar-refractivity contribution in [2.45, 2.75) is 25.2 Å². The molecule has 0 bridgehead atoms. The summed E-state index contributed by atoms with van der Waals surface area (Å²) in [4.78, 5) is 42.2. The molecule has 2 heterocycles. The van der Waals surface area contributed by atoms with Crippen molar-refractivity contribution >= 4 is 29.2 Å². The van der Waals surface area contributed by atoms with Crippen LogP contribution in [0.4, 0.5) is 23.2 Å². The van der Waals surface area contributed by atoms with Crippen LogP contribution in [0.3, 0.4) is 0 Å². The van der Waals surface area contributed by atoms with E-state index >= 15 is 0 Å². The molecule has 0 atom stereocenters. The van der Waals surface area contributed by atoms with Crippen LogP contribution < -0.4 is 10.4 Å². The Morgan fingerprint density at radius 2 is 1.78 bits per heavy atom. The fourth-order valence-corrected chi connectivity index (χ4v) is 4.37. The summed E-state index contributed by atoms with van der Waals surface area (Å²) in [7, 11) is 0. The molecular weight excluding hydrogens is 486 g/mol. The lowest BCUT2D eigenvalue weighted by Gasteiger charge is -2.57. The average molecular weight is 507 g/mol. The third kappa shape index (κ3) is 4.26. The smallest absolute Gasteiger partial charge is 0.337 e. The molecule has 2 fully saturated rings. The first-order valence-corrected chi connectivity index (χ1v) is 10.7. The van der Waals surface area contributed by atoms with Gasteiger partial charge in [-0.25, -0.2) is 4.39 Å². The minimum Gasteiger partial charge on any atom is -0.337 e. The van der Waals surface area contributed by atoms with Gasteiger partial charge in [0.25, 0.3) is 5.91 Å². The summed E-state index contributed by atoms with van der Waals surface area (Å²) < 4.78 is 53.6. The van der Waals surface area contributed by atoms with E-state index in [1.807, 2.05) is 0 Å². The number of amidine groups is 1. The van der Waals surface area contributed by atoms with Gasteiger partial charge in [0.1, 0.15) is 18.2 Å². The van der Waals surface area contributed by atoms with Gasteiger partial charge in [-0.2, -0.15) is 13.2 Å². The molecule has 0 aliphatic carbocycles. The van der Waals surface area contributed by atoms with Crippen LogP contribution in [0.2, 0.25) is 0 Å². The lowest BCUT2D eigenvalue weighted by Crippen LogP contribution is -2.81. The second-order valence-corrected chi connectivity index (χ2v) is 8.63. The van der Waals surface area contributed by atoms with E-state index in [1.54, 1.807) is 5.48 Å². The van der Waals surface area contributed by atoms with Crippen molar-refractivity contribution in [3.63, 3.8) is 0 Å². The Morgan fingerprint density at radius 1 is 1.14 bits per heavy atom. The van der Waals surface area contributed by atoms with Gasteiger partial charge in [0.15, 0.2) is 5.54 Å². The Bertz CT molecular complexity index is 1240. The highest BCUT2D eigenvalue weighted by Crippen LogP contribution is 2.38. The van der Waals surface area contributed by atoms with E-state index in [1.165, 1.54) is 41.0 Å². The van der Waals surface area contributed by atoms with Gasteiger partial charge in [-0.15, -0.1) is 0 Å².